The Morgan fingerprint density at radius 3 is 2.83 bits per heavy atom. The predicted octanol–water partition coefficient (Wildman–Crippen LogP) is 0.446. The predicted molar refractivity (Wildman–Crippen MR) is 61.3 cm³/mol. The van der Waals surface area contributed by atoms with Crippen molar-refractivity contribution in [3.63, 3.8) is 0 Å². The molecule has 2 heterocycles. The van der Waals surface area contributed by atoms with Gasteiger partial charge in [0.15, 0.2) is 0 Å². The van der Waals surface area contributed by atoms with Crippen LogP contribution in [-0.4, -0.2) is 34.0 Å². The maximum absolute atomic E-state index is 12.5. The summed E-state index contributed by atoms with van der Waals surface area (Å²) in [5.74, 6) is -0.0670. The lowest BCUT2D eigenvalue weighted by Crippen LogP contribution is -2.65. The van der Waals surface area contributed by atoms with Gasteiger partial charge in [-0.15, -0.1) is 0 Å². The van der Waals surface area contributed by atoms with Gasteiger partial charge in [-0.3, -0.25) is 9.59 Å². The Morgan fingerprint density at radius 1 is 1.39 bits per heavy atom. The molecule has 0 atom stereocenters. The van der Waals surface area contributed by atoms with Crippen LogP contribution < -0.4 is 5.32 Å². The molecule has 1 aromatic rings. The second kappa shape index (κ2) is 4.12. The van der Waals surface area contributed by atoms with E-state index >= 15 is 0 Å². The molecule has 2 fully saturated rings. The van der Waals surface area contributed by atoms with Crippen LogP contribution >= 0.6 is 0 Å². The fraction of sp³-hybridized carbons (Fsp3) is 0.583. The van der Waals surface area contributed by atoms with Crippen molar-refractivity contribution in [1.29, 1.82) is 0 Å². The van der Waals surface area contributed by atoms with Crippen molar-refractivity contribution < 1.29 is 14.1 Å². The third kappa shape index (κ3) is 1.77. The van der Waals surface area contributed by atoms with Crippen LogP contribution in [0, 0.1) is 0 Å². The third-order valence-electron chi connectivity index (χ3n) is 3.71. The van der Waals surface area contributed by atoms with Crippen LogP contribution in [0.1, 0.15) is 31.4 Å². The number of carbonyl (C=O) groups excluding carboxylic acids is 2. The van der Waals surface area contributed by atoms with E-state index in [4.69, 9.17) is 4.52 Å². The molecule has 2 amide bonds. The highest BCUT2D eigenvalue weighted by molar-refractivity contribution is 5.98. The summed E-state index contributed by atoms with van der Waals surface area (Å²) in [6.45, 7) is 0.442. The molecule has 96 valence electrons. The first-order valence-electron chi connectivity index (χ1n) is 6.19. The van der Waals surface area contributed by atoms with Crippen LogP contribution in [-0.2, 0) is 16.1 Å². The molecule has 0 radical (unpaired) electrons. The molecule has 1 saturated heterocycles. The van der Waals surface area contributed by atoms with E-state index in [1.54, 1.807) is 11.0 Å². The topological polar surface area (TPSA) is 75.4 Å². The molecular weight excluding hydrogens is 234 g/mol. The minimum atomic E-state index is -0.654. The third-order valence-corrected chi connectivity index (χ3v) is 3.71. The fourth-order valence-corrected chi connectivity index (χ4v) is 2.87. The lowest BCUT2D eigenvalue weighted by molar-refractivity contribution is -0.150. The van der Waals surface area contributed by atoms with Gasteiger partial charge >= 0.3 is 0 Å². The zero-order chi connectivity index (χ0) is 12.6. The van der Waals surface area contributed by atoms with Gasteiger partial charge in [-0.2, -0.15) is 0 Å². The largest absolute Gasteiger partial charge is 0.364 e. The molecule has 1 spiro atoms. The molecule has 18 heavy (non-hydrogen) atoms. The Kier molecular flexibility index (Phi) is 2.57. The van der Waals surface area contributed by atoms with E-state index in [0.717, 1.165) is 25.7 Å². The van der Waals surface area contributed by atoms with Gasteiger partial charge in [0.1, 0.15) is 24.0 Å². The molecule has 2 aliphatic rings. The average Bonchev–Trinajstić information content (AvgIpc) is 2.97. The van der Waals surface area contributed by atoms with Crippen LogP contribution in [0.5, 0.6) is 0 Å². The highest BCUT2D eigenvalue weighted by Gasteiger charge is 2.48. The molecular formula is C12H15N3O3. The zero-order valence-electron chi connectivity index (χ0n) is 10.0. The minimum Gasteiger partial charge on any atom is -0.364 e. The van der Waals surface area contributed by atoms with E-state index in [2.05, 4.69) is 10.5 Å². The molecule has 1 aromatic heterocycles. The number of amides is 2. The van der Waals surface area contributed by atoms with Crippen molar-refractivity contribution in [2.24, 2.45) is 0 Å². The molecule has 1 aliphatic heterocycles. The van der Waals surface area contributed by atoms with Gasteiger partial charge in [0.25, 0.3) is 0 Å². The molecule has 3 rings (SSSR count). The van der Waals surface area contributed by atoms with Crippen molar-refractivity contribution >= 4 is 11.8 Å². The summed E-state index contributed by atoms with van der Waals surface area (Å²) >= 11 is 0. The number of nitrogens with zero attached hydrogens (tertiary/aromatic N) is 2. The van der Waals surface area contributed by atoms with Crippen molar-refractivity contribution in [3.05, 3.63) is 18.0 Å². The average molecular weight is 249 g/mol. The van der Waals surface area contributed by atoms with Gasteiger partial charge in [0.2, 0.25) is 11.8 Å². The molecule has 0 aromatic carbocycles. The first-order chi connectivity index (χ1) is 8.70. The van der Waals surface area contributed by atoms with Crippen LogP contribution in [0.3, 0.4) is 0 Å². The fourth-order valence-electron chi connectivity index (χ4n) is 2.87. The summed E-state index contributed by atoms with van der Waals surface area (Å²) < 4.78 is 4.75. The maximum atomic E-state index is 12.5. The van der Waals surface area contributed by atoms with E-state index in [9.17, 15) is 9.59 Å². The number of aromatic nitrogens is 1. The molecule has 1 N–H and O–H groups in total. The molecule has 0 bridgehead atoms. The summed E-state index contributed by atoms with van der Waals surface area (Å²) in [5.41, 5.74) is 0.0187. The number of rotatable bonds is 2. The number of hydrogen-bond acceptors (Lipinski definition) is 4. The zero-order valence-corrected chi connectivity index (χ0v) is 10.0. The Bertz CT molecular complexity index is 463. The smallest absolute Gasteiger partial charge is 0.249 e. The van der Waals surface area contributed by atoms with Gasteiger partial charge in [0, 0.05) is 6.07 Å². The summed E-state index contributed by atoms with van der Waals surface area (Å²) in [7, 11) is 0. The standard InChI is InChI=1S/C12H15N3O3/c16-10-8-15(7-9-3-6-18-14-9)11(17)12(13-10)4-1-2-5-12/h3,6H,1-2,4-5,7-8H2,(H,13,16). The van der Waals surface area contributed by atoms with E-state index in [0.29, 0.717) is 12.2 Å². The summed E-state index contributed by atoms with van der Waals surface area (Å²) in [6.07, 6.45) is 4.93. The summed E-state index contributed by atoms with van der Waals surface area (Å²) in [5, 5.41) is 6.66. The summed E-state index contributed by atoms with van der Waals surface area (Å²) in [6, 6.07) is 1.71. The van der Waals surface area contributed by atoms with E-state index < -0.39 is 5.54 Å². The number of nitrogens with one attached hydrogen (secondary N) is 1. The second-order valence-corrected chi connectivity index (χ2v) is 4.99. The van der Waals surface area contributed by atoms with Crippen molar-refractivity contribution in [2.75, 3.05) is 6.54 Å². The van der Waals surface area contributed by atoms with Crippen molar-refractivity contribution in [1.82, 2.24) is 15.4 Å². The lowest BCUT2D eigenvalue weighted by Gasteiger charge is -2.39. The van der Waals surface area contributed by atoms with Crippen molar-refractivity contribution in [2.45, 2.75) is 37.8 Å². The van der Waals surface area contributed by atoms with E-state index in [-0.39, 0.29) is 18.4 Å². The minimum absolute atomic E-state index is 0.0163. The Morgan fingerprint density at radius 2 is 2.17 bits per heavy atom. The van der Waals surface area contributed by atoms with Crippen LogP contribution in [0.25, 0.3) is 0 Å². The highest BCUT2D eigenvalue weighted by atomic mass is 16.5. The Labute approximate surface area is 104 Å². The Balaban J connectivity index is 1.81. The SMILES string of the molecule is O=C1CN(Cc2ccon2)C(=O)C2(CCCC2)N1. The van der Waals surface area contributed by atoms with Crippen LogP contribution in [0.2, 0.25) is 0 Å². The quantitative estimate of drug-likeness (QED) is 0.825. The summed E-state index contributed by atoms with van der Waals surface area (Å²) in [4.78, 5) is 25.8. The van der Waals surface area contributed by atoms with E-state index in [1.807, 2.05) is 0 Å². The number of piperazine rings is 1. The van der Waals surface area contributed by atoms with Gasteiger partial charge in [-0.1, -0.05) is 18.0 Å². The first-order valence-corrected chi connectivity index (χ1v) is 6.19. The Hall–Kier alpha value is -1.85. The molecule has 6 nitrogen and oxygen atoms in total. The van der Waals surface area contributed by atoms with Gasteiger partial charge < -0.3 is 14.7 Å². The molecule has 1 saturated carbocycles. The monoisotopic (exact) mass is 249 g/mol. The molecule has 0 unspecified atom stereocenters. The second-order valence-electron chi connectivity index (χ2n) is 4.99. The van der Waals surface area contributed by atoms with Crippen LogP contribution in [0.4, 0.5) is 0 Å². The normalized spacial score (nSPS) is 22.6. The molecule has 1 aliphatic carbocycles. The maximum Gasteiger partial charge on any atom is 0.249 e. The van der Waals surface area contributed by atoms with Gasteiger partial charge in [0.05, 0.1) is 6.54 Å². The van der Waals surface area contributed by atoms with Gasteiger partial charge in [-0.05, 0) is 12.8 Å². The number of hydrogen-bond donors (Lipinski definition) is 1. The lowest BCUT2D eigenvalue weighted by atomic mass is 9.93. The van der Waals surface area contributed by atoms with Gasteiger partial charge in [-0.25, -0.2) is 0 Å². The highest BCUT2D eigenvalue weighted by Crippen LogP contribution is 2.33. The van der Waals surface area contributed by atoms with Crippen molar-refractivity contribution in [3.8, 4) is 0 Å². The molecule has 6 heteroatoms. The first kappa shape index (κ1) is 11.3. The van der Waals surface area contributed by atoms with Crippen LogP contribution in [0.15, 0.2) is 16.9 Å². The van der Waals surface area contributed by atoms with E-state index in [1.165, 1.54) is 6.26 Å². The number of carbonyl (C=O) groups is 2.